The summed E-state index contributed by atoms with van der Waals surface area (Å²) in [6.07, 6.45) is 18.0. The molecule has 1 nitrogen and oxygen atoms in total. The summed E-state index contributed by atoms with van der Waals surface area (Å²) in [6.45, 7) is 7.55. The fourth-order valence-corrected chi connectivity index (χ4v) is 7.04. The van der Waals surface area contributed by atoms with Gasteiger partial charge in [-0.1, -0.05) is 39.3 Å². The van der Waals surface area contributed by atoms with Gasteiger partial charge in [-0.15, -0.1) is 0 Å². The molecule has 0 saturated heterocycles. The molecule has 4 aliphatic rings. The Hall–Kier alpha value is -0.763. The summed E-state index contributed by atoms with van der Waals surface area (Å²) in [6, 6.07) is 0. The molecule has 0 amide bonds. The van der Waals surface area contributed by atoms with E-state index in [1.165, 1.54) is 44.1 Å². The van der Waals surface area contributed by atoms with Gasteiger partial charge in [-0.25, -0.2) is 0 Å². The minimum absolute atomic E-state index is 0.342. The van der Waals surface area contributed by atoms with Crippen LogP contribution in [0.5, 0.6) is 0 Å². The molecule has 2 saturated carbocycles. The van der Waals surface area contributed by atoms with E-state index in [9.17, 15) is 0 Å². The van der Waals surface area contributed by atoms with Crippen molar-refractivity contribution in [2.24, 2.45) is 34.5 Å². The van der Waals surface area contributed by atoms with E-state index in [0.29, 0.717) is 10.8 Å². The highest BCUT2D eigenvalue weighted by atomic mass is 28.2. The van der Waals surface area contributed by atoms with Crippen LogP contribution in [-0.4, -0.2) is 10.5 Å². The summed E-state index contributed by atoms with van der Waals surface area (Å²) in [4.78, 5) is 0. The Balaban J connectivity index is 1.69. The van der Waals surface area contributed by atoms with Gasteiger partial charge in [0.15, 0.2) is 0 Å². The van der Waals surface area contributed by atoms with Gasteiger partial charge in [-0.3, -0.25) is 0 Å². The fraction of sp³-hybridized carbons (Fsp3) is 0.714. The molecule has 0 spiro atoms. The lowest BCUT2D eigenvalue weighted by Crippen LogP contribution is -2.48. The molecule has 4 rings (SSSR count). The first-order chi connectivity index (χ1) is 11.0. The molecule has 2 fully saturated rings. The molecule has 0 N–H and O–H groups in total. The summed E-state index contributed by atoms with van der Waals surface area (Å²) < 4.78 is 5.62. The third-order valence-corrected chi connectivity index (χ3v) is 8.73. The van der Waals surface area contributed by atoms with Crippen LogP contribution in [0.25, 0.3) is 0 Å². The maximum atomic E-state index is 5.62. The van der Waals surface area contributed by atoms with Crippen molar-refractivity contribution in [1.29, 1.82) is 0 Å². The molecule has 0 aromatic rings. The van der Waals surface area contributed by atoms with Gasteiger partial charge in [-0.2, -0.15) is 0 Å². The zero-order valence-electron chi connectivity index (χ0n) is 15.3. The molecule has 0 radical (unpaired) electrons. The Morgan fingerprint density at radius 2 is 2.04 bits per heavy atom. The van der Waals surface area contributed by atoms with Crippen molar-refractivity contribution >= 4 is 10.5 Å². The van der Waals surface area contributed by atoms with Gasteiger partial charge in [-0.05, 0) is 84.3 Å². The van der Waals surface area contributed by atoms with E-state index >= 15 is 0 Å². The molecule has 4 aliphatic carbocycles. The molecular weight excluding hydrogens is 296 g/mol. The Morgan fingerprint density at radius 1 is 1.22 bits per heavy atom. The Kier molecular flexibility index (Phi) is 3.68. The molecule has 126 valence electrons. The lowest BCUT2D eigenvalue weighted by molar-refractivity contribution is -0.0110. The number of rotatable bonds is 2. The topological polar surface area (TPSA) is 9.23 Å². The van der Waals surface area contributed by atoms with E-state index in [4.69, 9.17) is 4.43 Å². The number of hydrogen-bond donors (Lipinski definition) is 0. The van der Waals surface area contributed by atoms with Crippen LogP contribution in [0.1, 0.15) is 59.3 Å². The molecule has 6 atom stereocenters. The van der Waals surface area contributed by atoms with Gasteiger partial charge in [0.05, 0.1) is 5.76 Å². The van der Waals surface area contributed by atoms with Crippen molar-refractivity contribution in [2.45, 2.75) is 59.3 Å². The zero-order chi connectivity index (χ0) is 16.2. The van der Waals surface area contributed by atoms with Gasteiger partial charge in [0.1, 0.15) is 0 Å². The summed E-state index contributed by atoms with van der Waals surface area (Å²) in [7, 11) is 0.790. The van der Waals surface area contributed by atoms with Crippen molar-refractivity contribution in [3.63, 3.8) is 0 Å². The average Bonchev–Trinajstić information content (AvgIpc) is 2.90. The van der Waals surface area contributed by atoms with E-state index in [1.54, 1.807) is 0 Å². The Morgan fingerprint density at radius 3 is 2.78 bits per heavy atom. The molecule has 0 bridgehead atoms. The number of hydrogen-bond acceptors (Lipinski definition) is 1. The van der Waals surface area contributed by atoms with Gasteiger partial charge in [0.2, 0.25) is 10.5 Å². The van der Waals surface area contributed by atoms with Crippen molar-refractivity contribution in [3.05, 3.63) is 35.6 Å². The molecule has 23 heavy (non-hydrogen) atoms. The van der Waals surface area contributed by atoms with Crippen LogP contribution in [0.15, 0.2) is 35.6 Å². The Labute approximate surface area is 144 Å². The lowest BCUT2D eigenvalue weighted by Gasteiger charge is -2.55. The van der Waals surface area contributed by atoms with Gasteiger partial charge < -0.3 is 4.43 Å². The minimum atomic E-state index is 0.342. The molecule has 0 heterocycles. The van der Waals surface area contributed by atoms with Crippen LogP contribution in [0.2, 0.25) is 0 Å². The quantitative estimate of drug-likeness (QED) is 0.676. The number of fused-ring (bicyclic) bond motifs is 5. The normalized spacial score (nSPS) is 48.1. The minimum Gasteiger partial charge on any atom is -0.553 e. The van der Waals surface area contributed by atoms with E-state index in [1.807, 2.05) is 0 Å². The third kappa shape index (κ3) is 2.10. The van der Waals surface area contributed by atoms with Gasteiger partial charge in [0.25, 0.3) is 0 Å². The largest absolute Gasteiger partial charge is 0.553 e. The summed E-state index contributed by atoms with van der Waals surface area (Å²) >= 11 is 0. The predicted molar refractivity (Wildman–Crippen MR) is 99.9 cm³/mol. The second-order valence-electron chi connectivity index (χ2n) is 8.91. The van der Waals surface area contributed by atoms with E-state index < -0.39 is 0 Å². The zero-order valence-corrected chi connectivity index (χ0v) is 17.3. The first-order valence-electron chi connectivity index (χ1n) is 9.67. The Bertz CT molecular complexity index is 589. The highest BCUT2D eigenvalue weighted by Crippen LogP contribution is 2.65. The van der Waals surface area contributed by atoms with Crippen LogP contribution in [0.4, 0.5) is 0 Å². The molecule has 0 aromatic carbocycles. The first kappa shape index (κ1) is 15.7. The predicted octanol–water partition coefficient (Wildman–Crippen LogP) is 4.54. The molecule has 2 heteroatoms. The van der Waals surface area contributed by atoms with Crippen LogP contribution in [0, 0.1) is 34.5 Å². The summed E-state index contributed by atoms with van der Waals surface area (Å²) in [5, 5.41) is 0. The monoisotopic (exact) mass is 328 g/mol. The molecule has 0 unspecified atom stereocenters. The average molecular weight is 329 g/mol. The lowest BCUT2D eigenvalue weighted by atomic mass is 9.49. The van der Waals surface area contributed by atoms with Crippen molar-refractivity contribution < 1.29 is 4.43 Å². The highest BCUT2D eigenvalue weighted by Gasteiger charge is 2.57. The molecular formula is C21H32OSi. The van der Waals surface area contributed by atoms with Crippen molar-refractivity contribution in [1.82, 2.24) is 0 Å². The maximum absolute atomic E-state index is 5.62. The molecule has 0 aromatic heterocycles. The smallest absolute Gasteiger partial charge is 0.204 e. The maximum Gasteiger partial charge on any atom is 0.204 e. The summed E-state index contributed by atoms with van der Waals surface area (Å²) in [5.41, 5.74) is 2.47. The second kappa shape index (κ2) is 5.37. The number of allylic oxidation sites excluding steroid dienone is 5. The van der Waals surface area contributed by atoms with E-state index in [2.05, 4.69) is 45.1 Å². The van der Waals surface area contributed by atoms with Gasteiger partial charge in [0, 0.05) is 0 Å². The van der Waals surface area contributed by atoms with Crippen LogP contribution in [0.3, 0.4) is 0 Å². The summed E-state index contributed by atoms with van der Waals surface area (Å²) in [5.74, 6) is 4.63. The van der Waals surface area contributed by atoms with Crippen LogP contribution < -0.4 is 0 Å². The first-order valence-corrected chi connectivity index (χ1v) is 10.5. The highest BCUT2D eigenvalue weighted by molar-refractivity contribution is 5.99. The standard InChI is InChI=1S/C21H32OSi/c1-4-14-6-8-18-17-7-5-15-13-16(22-23)9-11-21(15,3)19(17)10-12-20(14,18)2/h5,7,9,13-14,17-19H,4,6,8,10-12H2,1-3,23H3/t14-,17-,18-,19-,20+,21-/m0/s1. The van der Waals surface area contributed by atoms with Gasteiger partial charge >= 0.3 is 0 Å². The van der Waals surface area contributed by atoms with E-state index in [-0.39, 0.29) is 0 Å². The van der Waals surface area contributed by atoms with Crippen LogP contribution >= 0.6 is 0 Å². The second-order valence-corrected chi connectivity index (χ2v) is 9.32. The van der Waals surface area contributed by atoms with Crippen molar-refractivity contribution in [2.75, 3.05) is 0 Å². The molecule has 0 aliphatic heterocycles. The third-order valence-electron chi connectivity index (χ3n) is 8.26. The van der Waals surface area contributed by atoms with Crippen LogP contribution in [-0.2, 0) is 4.43 Å². The SMILES string of the molecule is CC[C@H]1CC[C@H]2[C@@H]3C=CC4=CC(O[SiH3])=CC[C@]4(C)[C@H]3CC[C@]12C. The fourth-order valence-electron chi connectivity index (χ4n) is 6.75. The van der Waals surface area contributed by atoms with Crippen molar-refractivity contribution in [3.8, 4) is 0 Å². The van der Waals surface area contributed by atoms with E-state index in [0.717, 1.165) is 39.9 Å².